The van der Waals surface area contributed by atoms with E-state index in [1.54, 1.807) is 7.11 Å². The van der Waals surface area contributed by atoms with Crippen LogP contribution >= 0.6 is 0 Å². The highest BCUT2D eigenvalue weighted by Crippen LogP contribution is 2.15. The molecule has 5 nitrogen and oxygen atoms in total. The summed E-state index contributed by atoms with van der Waals surface area (Å²) in [6.45, 7) is 3.30. The van der Waals surface area contributed by atoms with E-state index in [1.807, 2.05) is 6.20 Å². The first kappa shape index (κ1) is 13.5. The van der Waals surface area contributed by atoms with Crippen LogP contribution in [0.4, 0.5) is 0 Å². The lowest BCUT2D eigenvalue weighted by Gasteiger charge is -2.21. The molecule has 102 valence electrons. The molecule has 0 bridgehead atoms. The van der Waals surface area contributed by atoms with Crippen LogP contribution in [0.1, 0.15) is 30.8 Å². The Balaban J connectivity index is 1.71. The average molecular weight is 253 g/mol. The minimum absolute atomic E-state index is 0.346. The molecule has 18 heavy (non-hydrogen) atoms. The maximum absolute atomic E-state index is 5.71. The van der Waals surface area contributed by atoms with E-state index in [9.17, 15) is 0 Å². The molecular formula is C13H23N3O2. The molecule has 1 saturated heterocycles. The van der Waals surface area contributed by atoms with E-state index in [1.165, 1.54) is 12.8 Å². The van der Waals surface area contributed by atoms with Crippen molar-refractivity contribution in [1.29, 1.82) is 0 Å². The van der Waals surface area contributed by atoms with Crippen molar-refractivity contribution in [2.75, 3.05) is 26.9 Å². The van der Waals surface area contributed by atoms with Crippen LogP contribution in [0, 0.1) is 0 Å². The number of nitrogens with zero attached hydrogens (tertiary/aromatic N) is 1. The predicted molar refractivity (Wildman–Crippen MR) is 69.5 cm³/mol. The van der Waals surface area contributed by atoms with Gasteiger partial charge in [-0.1, -0.05) is 0 Å². The molecule has 2 N–H and O–H groups in total. The van der Waals surface area contributed by atoms with Crippen molar-refractivity contribution in [1.82, 2.24) is 15.3 Å². The van der Waals surface area contributed by atoms with Crippen molar-refractivity contribution in [2.45, 2.75) is 38.3 Å². The van der Waals surface area contributed by atoms with Crippen molar-refractivity contribution in [3.63, 3.8) is 0 Å². The molecular weight excluding hydrogens is 230 g/mol. The van der Waals surface area contributed by atoms with Gasteiger partial charge in [-0.05, 0) is 19.3 Å². The maximum Gasteiger partial charge on any atom is 0.108 e. The molecule has 1 unspecified atom stereocenters. The first-order valence-corrected chi connectivity index (χ1v) is 6.72. The second-order valence-electron chi connectivity index (χ2n) is 4.72. The van der Waals surface area contributed by atoms with Crippen LogP contribution in [0.2, 0.25) is 0 Å². The molecule has 0 spiro atoms. The van der Waals surface area contributed by atoms with Crippen LogP contribution < -0.4 is 5.32 Å². The summed E-state index contributed by atoms with van der Waals surface area (Å²) >= 11 is 0. The standard InChI is InChI=1S/C13H23N3O2/c1-17-7-5-14-9-11-10-15-13(16-11)8-12-4-2-3-6-18-12/h10,12,14H,2-9H2,1H3,(H,15,16). The molecule has 1 fully saturated rings. The van der Waals surface area contributed by atoms with Crippen LogP contribution in [-0.4, -0.2) is 42.9 Å². The van der Waals surface area contributed by atoms with Gasteiger partial charge in [0, 0.05) is 45.1 Å². The summed E-state index contributed by atoms with van der Waals surface area (Å²) < 4.78 is 10.7. The lowest BCUT2D eigenvalue weighted by atomic mass is 10.1. The molecule has 0 aliphatic carbocycles. The van der Waals surface area contributed by atoms with Gasteiger partial charge < -0.3 is 19.8 Å². The van der Waals surface area contributed by atoms with Crippen molar-refractivity contribution < 1.29 is 9.47 Å². The molecule has 0 amide bonds. The third-order valence-electron chi connectivity index (χ3n) is 3.17. The number of imidazole rings is 1. The number of rotatable bonds is 7. The van der Waals surface area contributed by atoms with Crippen molar-refractivity contribution >= 4 is 0 Å². The van der Waals surface area contributed by atoms with Crippen molar-refractivity contribution in [3.8, 4) is 0 Å². The molecule has 1 aliphatic rings. The van der Waals surface area contributed by atoms with E-state index in [2.05, 4.69) is 15.3 Å². The molecule has 2 rings (SSSR count). The lowest BCUT2D eigenvalue weighted by Crippen LogP contribution is -2.22. The highest BCUT2D eigenvalue weighted by atomic mass is 16.5. The van der Waals surface area contributed by atoms with E-state index in [4.69, 9.17) is 9.47 Å². The monoisotopic (exact) mass is 253 g/mol. The highest BCUT2D eigenvalue weighted by molar-refractivity contribution is 5.02. The summed E-state index contributed by atoms with van der Waals surface area (Å²) in [7, 11) is 1.71. The number of aromatic amines is 1. The molecule has 5 heteroatoms. The third kappa shape index (κ3) is 4.40. The van der Waals surface area contributed by atoms with Crippen LogP contribution in [0.15, 0.2) is 6.20 Å². The zero-order chi connectivity index (χ0) is 12.6. The van der Waals surface area contributed by atoms with Crippen molar-refractivity contribution in [2.24, 2.45) is 0 Å². The topological polar surface area (TPSA) is 59.2 Å². The van der Waals surface area contributed by atoms with Crippen LogP contribution in [0.5, 0.6) is 0 Å². The Labute approximate surface area is 108 Å². The Hall–Kier alpha value is -0.910. The summed E-state index contributed by atoms with van der Waals surface area (Å²) in [5.41, 5.74) is 1.12. The first-order chi connectivity index (χ1) is 8.88. The van der Waals surface area contributed by atoms with Crippen LogP contribution in [-0.2, 0) is 22.4 Å². The molecule has 2 heterocycles. The number of aromatic nitrogens is 2. The summed E-state index contributed by atoms with van der Waals surface area (Å²) in [5, 5.41) is 3.29. The SMILES string of the molecule is COCCNCc1cnc(CC2CCCCO2)[nH]1. The molecule has 0 aromatic carbocycles. The largest absolute Gasteiger partial charge is 0.383 e. The normalized spacial score (nSPS) is 20.2. The number of H-pyrrole nitrogens is 1. The zero-order valence-electron chi connectivity index (χ0n) is 11.1. The second kappa shape index (κ2) is 7.51. The van der Waals surface area contributed by atoms with E-state index in [0.717, 1.165) is 50.7 Å². The van der Waals surface area contributed by atoms with Crippen LogP contribution in [0.25, 0.3) is 0 Å². The molecule has 1 atom stereocenters. The quantitative estimate of drug-likeness (QED) is 0.718. The summed E-state index contributed by atoms with van der Waals surface area (Å²) in [6, 6.07) is 0. The van der Waals surface area contributed by atoms with E-state index < -0.39 is 0 Å². The van der Waals surface area contributed by atoms with Gasteiger partial charge in [-0.3, -0.25) is 0 Å². The summed E-state index contributed by atoms with van der Waals surface area (Å²) in [4.78, 5) is 7.75. The van der Waals surface area contributed by atoms with E-state index >= 15 is 0 Å². The molecule has 1 aromatic rings. The smallest absolute Gasteiger partial charge is 0.108 e. The van der Waals surface area contributed by atoms with Gasteiger partial charge in [0.15, 0.2) is 0 Å². The minimum atomic E-state index is 0.346. The van der Waals surface area contributed by atoms with Gasteiger partial charge in [0.25, 0.3) is 0 Å². The lowest BCUT2D eigenvalue weighted by molar-refractivity contribution is 0.0157. The number of methoxy groups -OCH3 is 1. The highest BCUT2D eigenvalue weighted by Gasteiger charge is 2.15. The fourth-order valence-electron chi connectivity index (χ4n) is 2.18. The van der Waals surface area contributed by atoms with E-state index in [0.29, 0.717) is 6.10 Å². The summed E-state index contributed by atoms with van der Waals surface area (Å²) in [6.07, 6.45) is 6.78. The Kier molecular flexibility index (Phi) is 5.64. The maximum atomic E-state index is 5.71. The van der Waals surface area contributed by atoms with Crippen molar-refractivity contribution in [3.05, 3.63) is 17.7 Å². The molecule has 0 radical (unpaired) electrons. The third-order valence-corrected chi connectivity index (χ3v) is 3.17. The molecule has 1 aromatic heterocycles. The van der Waals surface area contributed by atoms with Crippen LogP contribution in [0.3, 0.4) is 0 Å². The Morgan fingerprint density at radius 3 is 3.28 bits per heavy atom. The number of nitrogens with one attached hydrogen (secondary N) is 2. The summed E-state index contributed by atoms with van der Waals surface area (Å²) in [5.74, 6) is 1.03. The second-order valence-corrected chi connectivity index (χ2v) is 4.72. The zero-order valence-corrected chi connectivity index (χ0v) is 11.1. The molecule has 0 saturated carbocycles. The Bertz CT molecular complexity index is 335. The van der Waals surface area contributed by atoms with Gasteiger partial charge in [0.1, 0.15) is 5.82 Å². The Morgan fingerprint density at radius 1 is 1.56 bits per heavy atom. The van der Waals surface area contributed by atoms with Gasteiger partial charge in [0.05, 0.1) is 12.7 Å². The number of ether oxygens (including phenoxy) is 2. The predicted octanol–water partition coefficient (Wildman–Crippen LogP) is 1.26. The van der Waals surface area contributed by atoms with Gasteiger partial charge in [-0.2, -0.15) is 0 Å². The number of hydrogen-bond acceptors (Lipinski definition) is 4. The fraction of sp³-hybridized carbons (Fsp3) is 0.769. The minimum Gasteiger partial charge on any atom is -0.383 e. The first-order valence-electron chi connectivity index (χ1n) is 6.72. The molecule has 1 aliphatic heterocycles. The Morgan fingerprint density at radius 2 is 2.50 bits per heavy atom. The van der Waals surface area contributed by atoms with E-state index in [-0.39, 0.29) is 0 Å². The number of hydrogen-bond donors (Lipinski definition) is 2. The van der Waals surface area contributed by atoms with Gasteiger partial charge in [-0.25, -0.2) is 4.98 Å². The van der Waals surface area contributed by atoms with Gasteiger partial charge in [-0.15, -0.1) is 0 Å². The van der Waals surface area contributed by atoms with Gasteiger partial charge >= 0.3 is 0 Å². The average Bonchev–Trinajstić information content (AvgIpc) is 2.84. The fourth-order valence-corrected chi connectivity index (χ4v) is 2.18. The van der Waals surface area contributed by atoms with Gasteiger partial charge in [0.2, 0.25) is 0 Å².